The molecule has 0 unspecified atom stereocenters. The van der Waals surface area contributed by atoms with Gasteiger partial charge in [-0.05, 0) is 44.4 Å². The molecule has 4 heteroatoms. The molecule has 2 nitrogen and oxygen atoms in total. The molecule has 1 rings (SSSR count). The van der Waals surface area contributed by atoms with Crippen LogP contribution in [0.2, 0.25) is 0 Å². The Morgan fingerprint density at radius 1 is 1.29 bits per heavy atom. The average molecular weight is 318 g/mol. The summed E-state index contributed by atoms with van der Waals surface area (Å²) in [4.78, 5) is 10.9. The van der Waals surface area contributed by atoms with Gasteiger partial charge >= 0.3 is 5.97 Å². The van der Waals surface area contributed by atoms with Gasteiger partial charge in [-0.1, -0.05) is 33.6 Å². The minimum absolute atomic E-state index is 0.161. The predicted molar refractivity (Wildman–Crippen MR) is 74.4 cm³/mol. The first-order valence-corrected chi connectivity index (χ1v) is 6.30. The average Bonchev–Trinajstić information content (AvgIpc) is 2.24. The summed E-state index contributed by atoms with van der Waals surface area (Å²) >= 11 is 9.65. The molecule has 0 aliphatic heterocycles. The fraction of sp³-hybridized carbons (Fsp3) is 0.308. The highest BCUT2D eigenvalue weighted by Gasteiger charge is 2.16. The van der Waals surface area contributed by atoms with E-state index in [0.717, 1.165) is 26.7 Å². The van der Waals surface area contributed by atoms with Gasteiger partial charge in [-0.25, -0.2) is 4.79 Å². The van der Waals surface area contributed by atoms with Gasteiger partial charge in [0.25, 0.3) is 0 Å². The number of hydrogen-bond donors (Lipinski definition) is 1. The lowest BCUT2D eigenvalue weighted by Crippen LogP contribution is -2.01. The summed E-state index contributed by atoms with van der Waals surface area (Å²) in [5, 5.41) is 9.26. The van der Waals surface area contributed by atoms with Crippen LogP contribution >= 0.6 is 27.5 Å². The van der Waals surface area contributed by atoms with Crippen LogP contribution in [-0.2, 0) is 4.79 Å². The molecule has 1 N–H and O–H groups in total. The van der Waals surface area contributed by atoms with Gasteiger partial charge in [0.1, 0.15) is 0 Å². The van der Waals surface area contributed by atoms with Gasteiger partial charge in [0.05, 0.1) is 10.6 Å². The Labute approximate surface area is 114 Å². The van der Waals surface area contributed by atoms with Gasteiger partial charge in [-0.15, -0.1) is 0 Å². The first-order valence-electron chi connectivity index (χ1n) is 5.13. The molecule has 0 aliphatic rings. The van der Waals surface area contributed by atoms with Crippen LogP contribution in [-0.4, -0.2) is 11.1 Å². The zero-order chi connectivity index (χ0) is 13.3. The molecule has 0 aromatic heterocycles. The number of aryl methyl sites for hydroxylation is 2. The molecule has 0 atom stereocenters. The first kappa shape index (κ1) is 14.3. The van der Waals surface area contributed by atoms with Crippen molar-refractivity contribution in [3.63, 3.8) is 0 Å². The molecular weight excluding hydrogens is 303 g/mol. The Kier molecular flexibility index (Phi) is 4.39. The number of hydrogen-bond acceptors (Lipinski definition) is 1. The molecule has 0 radical (unpaired) electrons. The Hall–Kier alpha value is -0.800. The van der Waals surface area contributed by atoms with Crippen LogP contribution in [0.25, 0.3) is 5.03 Å². The van der Waals surface area contributed by atoms with Gasteiger partial charge in [0.2, 0.25) is 0 Å². The van der Waals surface area contributed by atoms with Gasteiger partial charge < -0.3 is 5.11 Å². The van der Waals surface area contributed by atoms with Crippen LogP contribution in [0.3, 0.4) is 0 Å². The van der Waals surface area contributed by atoms with Crippen molar-refractivity contribution in [3.05, 3.63) is 38.4 Å². The van der Waals surface area contributed by atoms with Crippen LogP contribution < -0.4 is 0 Å². The van der Waals surface area contributed by atoms with Crippen molar-refractivity contribution in [1.82, 2.24) is 0 Å². The van der Waals surface area contributed by atoms with E-state index in [4.69, 9.17) is 16.7 Å². The van der Waals surface area contributed by atoms with Gasteiger partial charge in [-0.3, -0.25) is 0 Å². The van der Waals surface area contributed by atoms with Crippen molar-refractivity contribution >= 4 is 38.5 Å². The number of carbonyl (C=O) groups is 1. The highest BCUT2D eigenvalue weighted by atomic mass is 79.9. The lowest BCUT2D eigenvalue weighted by atomic mass is 9.98. The molecule has 0 aliphatic carbocycles. The Morgan fingerprint density at radius 2 is 1.82 bits per heavy atom. The Bertz CT molecular complexity index is 519. The van der Waals surface area contributed by atoms with E-state index >= 15 is 0 Å². The van der Waals surface area contributed by atoms with E-state index in [1.165, 1.54) is 6.92 Å². The number of halogens is 2. The number of carboxylic acids is 1. The van der Waals surface area contributed by atoms with Crippen LogP contribution in [0.4, 0.5) is 0 Å². The molecule has 0 fully saturated rings. The number of rotatable bonds is 2. The molecule has 92 valence electrons. The third-order valence-electron chi connectivity index (χ3n) is 2.75. The van der Waals surface area contributed by atoms with Crippen LogP contribution in [0.15, 0.2) is 16.1 Å². The second-order valence-electron chi connectivity index (χ2n) is 4.07. The van der Waals surface area contributed by atoms with Crippen molar-refractivity contribution in [3.8, 4) is 0 Å². The molecular formula is C13H14BrClO2. The number of aliphatic carboxylic acids is 1. The maximum atomic E-state index is 10.9. The van der Waals surface area contributed by atoms with Crippen molar-refractivity contribution in [1.29, 1.82) is 0 Å². The topological polar surface area (TPSA) is 37.3 Å². The molecule has 1 aromatic rings. The fourth-order valence-corrected chi connectivity index (χ4v) is 2.46. The van der Waals surface area contributed by atoms with Gasteiger partial charge in [0, 0.05) is 10.0 Å². The SMILES string of the molecule is C/C(C(=O)O)=C(\Cl)c1c(C)cc(C)c(Br)c1C. The lowest BCUT2D eigenvalue weighted by Gasteiger charge is -2.14. The van der Waals surface area contributed by atoms with E-state index < -0.39 is 5.97 Å². The molecule has 17 heavy (non-hydrogen) atoms. The quantitative estimate of drug-likeness (QED) is 0.819. The van der Waals surface area contributed by atoms with E-state index in [1.807, 2.05) is 26.8 Å². The maximum absolute atomic E-state index is 10.9. The summed E-state index contributed by atoms with van der Waals surface area (Å²) < 4.78 is 0.967. The first-order chi connectivity index (χ1) is 7.77. The third-order valence-corrected chi connectivity index (χ3v) is 4.44. The molecule has 0 saturated heterocycles. The number of carboxylic acid groups (broad SMARTS) is 1. The normalized spacial score (nSPS) is 12.4. The molecule has 0 spiro atoms. The van der Waals surface area contributed by atoms with Crippen molar-refractivity contribution in [2.24, 2.45) is 0 Å². The smallest absolute Gasteiger partial charge is 0.332 e. The number of benzene rings is 1. The van der Waals surface area contributed by atoms with Crippen LogP contribution in [0.5, 0.6) is 0 Å². The second-order valence-corrected chi connectivity index (χ2v) is 5.24. The standard InChI is InChI=1S/C13H14BrClO2/c1-6-5-7(2)11(14)8(3)10(6)12(15)9(4)13(16)17/h5H,1-4H3,(H,16,17)/b12-9+. The lowest BCUT2D eigenvalue weighted by molar-refractivity contribution is -0.132. The zero-order valence-corrected chi connectivity index (χ0v) is 12.5. The molecule has 0 bridgehead atoms. The Morgan fingerprint density at radius 3 is 2.29 bits per heavy atom. The van der Waals surface area contributed by atoms with Crippen LogP contribution in [0, 0.1) is 20.8 Å². The van der Waals surface area contributed by atoms with E-state index in [0.29, 0.717) is 5.03 Å². The van der Waals surface area contributed by atoms with Crippen LogP contribution in [0.1, 0.15) is 29.2 Å². The molecule has 0 heterocycles. The monoisotopic (exact) mass is 316 g/mol. The third kappa shape index (κ3) is 2.72. The molecule has 1 aromatic carbocycles. The molecule has 0 amide bonds. The second kappa shape index (κ2) is 5.23. The summed E-state index contributed by atoms with van der Waals surface area (Å²) in [6, 6.07) is 1.99. The van der Waals surface area contributed by atoms with E-state index in [9.17, 15) is 4.79 Å². The fourth-order valence-electron chi connectivity index (χ4n) is 1.78. The largest absolute Gasteiger partial charge is 0.478 e. The molecule has 0 saturated carbocycles. The minimum atomic E-state index is -0.995. The summed E-state index contributed by atoms with van der Waals surface area (Å²) in [6.07, 6.45) is 0. The van der Waals surface area contributed by atoms with E-state index in [1.54, 1.807) is 0 Å². The van der Waals surface area contributed by atoms with Crippen molar-refractivity contribution in [2.45, 2.75) is 27.7 Å². The van der Waals surface area contributed by atoms with Gasteiger partial charge in [-0.2, -0.15) is 0 Å². The highest BCUT2D eigenvalue weighted by molar-refractivity contribution is 9.10. The predicted octanol–water partition coefficient (Wildman–Crippen LogP) is 4.43. The zero-order valence-electron chi connectivity index (χ0n) is 10.2. The minimum Gasteiger partial charge on any atom is -0.478 e. The van der Waals surface area contributed by atoms with Gasteiger partial charge in [0.15, 0.2) is 0 Å². The highest BCUT2D eigenvalue weighted by Crippen LogP contribution is 2.34. The summed E-state index contributed by atoms with van der Waals surface area (Å²) in [7, 11) is 0. The summed E-state index contributed by atoms with van der Waals surface area (Å²) in [6.45, 7) is 7.36. The summed E-state index contributed by atoms with van der Waals surface area (Å²) in [5.41, 5.74) is 4.01. The van der Waals surface area contributed by atoms with E-state index in [-0.39, 0.29) is 5.57 Å². The van der Waals surface area contributed by atoms with Crippen molar-refractivity contribution < 1.29 is 9.90 Å². The van der Waals surface area contributed by atoms with Crippen molar-refractivity contribution in [2.75, 3.05) is 0 Å². The maximum Gasteiger partial charge on any atom is 0.332 e. The summed E-state index contributed by atoms with van der Waals surface area (Å²) in [5.74, 6) is -0.995. The van der Waals surface area contributed by atoms with E-state index in [2.05, 4.69) is 15.9 Å². The Balaban J connectivity index is 3.59.